The van der Waals surface area contributed by atoms with Crippen LogP contribution in [0.1, 0.15) is 25.3 Å². The highest BCUT2D eigenvalue weighted by Crippen LogP contribution is 2.31. The third-order valence-corrected chi connectivity index (χ3v) is 4.19. The van der Waals surface area contributed by atoms with E-state index in [0.29, 0.717) is 31.5 Å². The van der Waals surface area contributed by atoms with Crippen molar-refractivity contribution in [1.82, 2.24) is 4.90 Å². The smallest absolute Gasteiger partial charge is 0.226 e. The number of halogens is 1. The van der Waals surface area contributed by atoms with Crippen LogP contribution in [-0.2, 0) is 11.2 Å². The van der Waals surface area contributed by atoms with E-state index in [0.717, 1.165) is 0 Å². The molecule has 0 bridgehead atoms. The van der Waals surface area contributed by atoms with Gasteiger partial charge in [-0.2, -0.15) is 0 Å². The molecule has 1 fully saturated rings. The number of oxime groups is 1. The molecular formula is C15H20FN3O2. The maximum Gasteiger partial charge on any atom is 0.226 e. The van der Waals surface area contributed by atoms with Crippen molar-refractivity contribution in [3.05, 3.63) is 35.6 Å². The predicted octanol–water partition coefficient (Wildman–Crippen LogP) is 1.74. The molecule has 1 aliphatic heterocycles. The van der Waals surface area contributed by atoms with Crippen LogP contribution in [0, 0.1) is 11.2 Å². The van der Waals surface area contributed by atoms with Crippen molar-refractivity contribution in [2.24, 2.45) is 16.3 Å². The average molecular weight is 293 g/mol. The van der Waals surface area contributed by atoms with Crippen LogP contribution < -0.4 is 5.73 Å². The van der Waals surface area contributed by atoms with Crippen LogP contribution in [0.2, 0.25) is 0 Å². The number of rotatable bonds is 3. The summed E-state index contributed by atoms with van der Waals surface area (Å²) in [6.07, 6.45) is 1.49. The first kappa shape index (κ1) is 15.3. The minimum atomic E-state index is -0.371. The van der Waals surface area contributed by atoms with Crippen molar-refractivity contribution < 1.29 is 14.4 Å². The van der Waals surface area contributed by atoms with Crippen LogP contribution in [0.5, 0.6) is 0 Å². The fourth-order valence-corrected chi connectivity index (χ4v) is 2.56. The molecule has 0 atom stereocenters. The molecule has 1 amide bonds. The Labute approximate surface area is 123 Å². The van der Waals surface area contributed by atoms with Gasteiger partial charge in [0.15, 0.2) is 0 Å². The molecule has 6 heteroatoms. The maximum absolute atomic E-state index is 13.1. The molecule has 1 saturated heterocycles. The predicted molar refractivity (Wildman–Crippen MR) is 77.4 cm³/mol. The topological polar surface area (TPSA) is 78.9 Å². The number of carbonyl (C=O) groups excluding carboxylic acids is 1. The summed E-state index contributed by atoms with van der Waals surface area (Å²) in [5, 5.41) is 11.9. The molecule has 3 N–H and O–H groups in total. The van der Waals surface area contributed by atoms with Crippen LogP contribution in [0.15, 0.2) is 29.4 Å². The molecule has 114 valence electrons. The normalized spacial score (nSPS) is 18.6. The van der Waals surface area contributed by atoms with Crippen molar-refractivity contribution >= 4 is 11.7 Å². The zero-order valence-corrected chi connectivity index (χ0v) is 12.1. The summed E-state index contributed by atoms with van der Waals surface area (Å²) in [5.74, 6) is -0.152. The van der Waals surface area contributed by atoms with Crippen LogP contribution in [0.3, 0.4) is 0 Å². The summed E-state index contributed by atoms with van der Waals surface area (Å²) in [4.78, 5) is 14.0. The van der Waals surface area contributed by atoms with E-state index in [9.17, 15) is 9.18 Å². The van der Waals surface area contributed by atoms with Gasteiger partial charge in [0, 0.05) is 18.5 Å². The average Bonchev–Trinajstić information content (AvgIpc) is 2.47. The largest absolute Gasteiger partial charge is 0.409 e. The van der Waals surface area contributed by atoms with Crippen molar-refractivity contribution in [2.75, 3.05) is 13.1 Å². The van der Waals surface area contributed by atoms with E-state index >= 15 is 0 Å². The molecule has 0 aromatic heterocycles. The van der Waals surface area contributed by atoms with Gasteiger partial charge in [0.2, 0.25) is 5.91 Å². The van der Waals surface area contributed by atoms with E-state index in [2.05, 4.69) is 5.16 Å². The third-order valence-electron chi connectivity index (χ3n) is 4.19. The van der Waals surface area contributed by atoms with Gasteiger partial charge in [0.1, 0.15) is 11.7 Å². The number of nitrogens with two attached hydrogens (primary N) is 1. The van der Waals surface area contributed by atoms with E-state index in [4.69, 9.17) is 10.9 Å². The number of amides is 1. The number of piperidine rings is 1. The Morgan fingerprint density at radius 2 is 2.14 bits per heavy atom. The van der Waals surface area contributed by atoms with Crippen molar-refractivity contribution in [3.8, 4) is 0 Å². The number of benzene rings is 1. The second-order valence-corrected chi connectivity index (χ2v) is 5.73. The summed E-state index contributed by atoms with van der Waals surface area (Å²) >= 11 is 0. The van der Waals surface area contributed by atoms with Gasteiger partial charge in [-0.25, -0.2) is 4.39 Å². The van der Waals surface area contributed by atoms with Crippen LogP contribution in [0.4, 0.5) is 4.39 Å². The zero-order valence-electron chi connectivity index (χ0n) is 12.1. The number of carbonyl (C=O) groups is 1. The minimum absolute atomic E-state index is 0.0258. The lowest BCUT2D eigenvalue weighted by atomic mass is 9.79. The molecular weight excluding hydrogens is 273 g/mol. The Hall–Kier alpha value is -2.11. The first-order valence-corrected chi connectivity index (χ1v) is 6.95. The molecule has 0 aliphatic carbocycles. The van der Waals surface area contributed by atoms with Crippen LogP contribution >= 0.6 is 0 Å². The molecule has 2 rings (SSSR count). The van der Waals surface area contributed by atoms with Gasteiger partial charge in [-0.1, -0.05) is 24.2 Å². The second kappa shape index (κ2) is 6.11. The standard InChI is InChI=1S/C15H20FN3O2/c1-15(14(17)18-21)5-7-19(8-6-15)13(20)10-11-3-2-4-12(16)9-11/h2-4,9,21H,5-8,10H2,1H3,(H2,17,18). The quantitative estimate of drug-likeness (QED) is 0.385. The Bertz CT molecular complexity index is 552. The highest BCUT2D eigenvalue weighted by Gasteiger charge is 2.35. The van der Waals surface area contributed by atoms with Crippen molar-refractivity contribution in [2.45, 2.75) is 26.2 Å². The first-order valence-electron chi connectivity index (χ1n) is 6.95. The Balaban J connectivity index is 1.95. The summed E-state index contributed by atoms with van der Waals surface area (Å²) in [5.41, 5.74) is 6.00. The van der Waals surface area contributed by atoms with Gasteiger partial charge in [-0.05, 0) is 30.5 Å². The SMILES string of the molecule is CC1(/C(N)=N/O)CCN(C(=O)Cc2cccc(F)c2)CC1. The van der Waals surface area contributed by atoms with Crippen LogP contribution in [0.25, 0.3) is 0 Å². The summed E-state index contributed by atoms with van der Waals surface area (Å²) in [6.45, 7) is 3.04. The lowest BCUT2D eigenvalue weighted by Gasteiger charge is -2.38. The minimum Gasteiger partial charge on any atom is -0.409 e. The first-order chi connectivity index (χ1) is 9.94. The Morgan fingerprint density at radius 3 is 2.71 bits per heavy atom. The summed E-state index contributed by atoms with van der Waals surface area (Å²) in [6, 6.07) is 6.08. The lowest BCUT2D eigenvalue weighted by Crippen LogP contribution is -2.47. The van der Waals surface area contributed by atoms with E-state index in [1.165, 1.54) is 12.1 Å². The third kappa shape index (κ3) is 3.51. The highest BCUT2D eigenvalue weighted by molar-refractivity contribution is 5.86. The number of nitrogens with zero attached hydrogens (tertiary/aromatic N) is 2. The van der Waals surface area contributed by atoms with E-state index in [-0.39, 0.29) is 29.4 Å². The molecule has 0 saturated carbocycles. The molecule has 0 unspecified atom stereocenters. The Kier molecular flexibility index (Phi) is 4.45. The van der Waals surface area contributed by atoms with Crippen molar-refractivity contribution in [3.63, 3.8) is 0 Å². The van der Waals surface area contributed by atoms with Gasteiger partial charge in [0.05, 0.1) is 6.42 Å². The van der Waals surface area contributed by atoms with Gasteiger partial charge in [0.25, 0.3) is 0 Å². The van der Waals surface area contributed by atoms with Gasteiger partial charge < -0.3 is 15.8 Å². The van der Waals surface area contributed by atoms with E-state index in [1.54, 1.807) is 17.0 Å². The van der Waals surface area contributed by atoms with Gasteiger partial charge >= 0.3 is 0 Å². The monoisotopic (exact) mass is 293 g/mol. The molecule has 1 aromatic carbocycles. The van der Waals surface area contributed by atoms with Gasteiger partial charge in [-0.3, -0.25) is 4.79 Å². The molecule has 0 radical (unpaired) electrons. The molecule has 0 spiro atoms. The zero-order chi connectivity index (χ0) is 15.5. The fraction of sp³-hybridized carbons (Fsp3) is 0.467. The molecule has 1 aliphatic rings. The molecule has 21 heavy (non-hydrogen) atoms. The summed E-state index contributed by atoms with van der Waals surface area (Å²) < 4.78 is 13.1. The molecule has 1 heterocycles. The second-order valence-electron chi connectivity index (χ2n) is 5.73. The van der Waals surface area contributed by atoms with Crippen molar-refractivity contribution in [1.29, 1.82) is 0 Å². The molecule has 1 aromatic rings. The fourth-order valence-electron chi connectivity index (χ4n) is 2.56. The summed E-state index contributed by atoms with van der Waals surface area (Å²) in [7, 11) is 0. The maximum atomic E-state index is 13.1. The van der Waals surface area contributed by atoms with Crippen LogP contribution in [-0.4, -0.2) is 34.9 Å². The molecule has 5 nitrogen and oxygen atoms in total. The number of hydrogen-bond donors (Lipinski definition) is 2. The highest BCUT2D eigenvalue weighted by atomic mass is 19.1. The van der Waals surface area contributed by atoms with Gasteiger partial charge in [-0.15, -0.1) is 0 Å². The van der Waals surface area contributed by atoms with E-state index < -0.39 is 0 Å². The Morgan fingerprint density at radius 1 is 1.48 bits per heavy atom. The number of likely N-dealkylation sites (tertiary alicyclic amines) is 1. The van der Waals surface area contributed by atoms with E-state index in [1.807, 2.05) is 6.92 Å². The number of amidine groups is 1. The lowest BCUT2D eigenvalue weighted by molar-refractivity contribution is -0.132. The number of hydrogen-bond acceptors (Lipinski definition) is 3.